The average Bonchev–Trinajstić information content (AvgIpc) is 1.55. The fourth-order valence-corrected chi connectivity index (χ4v) is 21.2. The Labute approximate surface area is 888 Å². The van der Waals surface area contributed by atoms with Crippen LogP contribution in [0.1, 0.15) is 99.9 Å². The molecule has 16 heterocycles. The number of pyridine rings is 6. The van der Waals surface area contributed by atoms with E-state index in [1.54, 1.807) is 24.8 Å². The molecule has 0 bridgehead atoms. The van der Waals surface area contributed by atoms with E-state index in [4.69, 9.17) is 38.9 Å². The molecule has 0 fully saturated rings. The SMILES string of the molecule is CC1(C)c2cccnc2-n2c3[c-]c(Oc4[c-]c(-c5ccccn5)ccc4)ccc3c3cccc1c32.CC1(C)c2cccnc2-n2c3[c-]c(Oc4[c-]c(-c5ccccn5)ccc4)ccc3c3cccc1c32.Cn1ccnc1-c1[c-]c(Oc2[c-]c3c(cc2)c2cccc4c2n3-c2ncccc2C4(C)C)ccc1.Cn1ccnc1-c1[c-]c(Oc2[c-]c3c(cc2)c2cccc4c2n3-c2ncccc2C4(C)C)ccc1.[Pd+2].[Pd+2].[Pt+2].[Pt+2]. The van der Waals surface area contributed by atoms with Crippen LogP contribution in [-0.2, 0) is 119 Å². The summed E-state index contributed by atoms with van der Waals surface area (Å²) in [5, 5.41) is 9.34. The minimum atomic E-state index is -0.146. The number of rotatable bonds is 12. The van der Waals surface area contributed by atoms with Crippen molar-refractivity contribution >= 4 is 87.2 Å². The number of benzene rings is 12. The van der Waals surface area contributed by atoms with Gasteiger partial charge < -0.3 is 56.3 Å². The summed E-state index contributed by atoms with van der Waals surface area (Å²) in [5.41, 5.74) is 23.2. The molecule has 18 nitrogen and oxygen atoms in total. The summed E-state index contributed by atoms with van der Waals surface area (Å²) in [6.45, 7) is 18.2. The van der Waals surface area contributed by atoms with Gasteiger partial charge in [0.2, 0.25) is 0 Å². The number of hydrogen-bond donors (Lipinski definition) is 0. The van der Waals surface area contributed by atoms with Crippen molar-refractivity contribution in [3.63, 3.8) is 0 Å². The van der Waals surface area contributed by atoms with Gasteiger partial charge in [0.1, 0.15) is 23.3 Å². The van der Waals surface area contributed by atoms with Crippen LogP contribution >= 0.6 is 0 Å². The molecular weight excluding hydrogens is 2330 g/mol. The Hall–Kier alpha value is -14.9. The van der Waals surface area contributed by atoms with Crippen molar-refractivity contribution in [1.82, 2.24) is 67.3 Å². The summed E-state index contributed by atoms with van der Waals surface area (Å²) in [6, 6.07) is 122. The van der Waals surface area contributed by atoms with Crippen molar-refractivity contribution in [3.8, 4) is 115 Å². The summed E-state index contributed by atoms with van der Waals surface area (Å²) in [6.07, 6.45) is 18.4. The predicted molar refractivity (Wildman–Crippen MR) is 550 cm³/mol. The number of aryl methyl sites for hydroxylation is 2. The largest absolute Gasteiger partial charge is 2.00 e. The molecule has 0 saturated carbocycles. The van der Waals surface area contributed by atoms with Crippen LogP contribution < -0.4 is 18.9 Å². The van der Waals surface area contributed by atoms with Crippen LogP contribution in [0, 0.1) is 48.5 Å². The molecule has 4 aliphatic heterocycles. The van der Waals surface area contributed by atoms with Gasteiger partial charge >= 0.3 is 83.0 Å². The smallest absolute Gasteiger partial charge is 0.503 e. The summed E-state index contributed by atoms with van der Waals surface area (Å²) < 4.78 is 37.9. The molecule has 12 aromatic heterocycles. The fraction of sp³-hybridized carbons (Fsp3) is 0.115. The van der Waals surface area contributed by atoms with E-state index in [9.17, 15) is 0 Å². The third-order valence-electron chi connectivity index (χ3n) is 28.0. The summed E-state index contributed by atoms with van der Waals surface area (Å²) in [4.78, 5) is 36.9. The van der Waals surface area contributed by atoms with E-state index >= 15 is 0 Å². The van der Waals surface area contributed by atoms with Crippen LogP contribution in [0.25, 0.3) is 156 Å². The molecule has 24 aromatic rings. The molecule has 0 aliphatic carbocycles. The van der Waals surface area contributed by atoms with Crippen LogP contribution in [0.3, 0.4) is 0 Å². The number of imidazole rings is 2. The fourth-order valence-electron chi connectivity index (χ4n) is 21.2. The van der Waals surface area contributed by atoms with Crippen molar-refractivity contribution < 1.29 is 102 Å². The summed E-state index contributed by atoms with van der Waals surface area (Å²) >= 11 is 0. The maximum atomic E-state index is 6.26. The van der Waals surface area contributed by atoms with Gasteiger partial charge in [0.05, 0.1) is 11.6 Å². The van der Waals surface area contributed by atoms with Gasteiger partial charge in [-0.3, -0.25) is 9.97 Å². The second kappa shape index (κ2) is 37.4. The Morgan fingerprint density at radius 1 is 0.215 bits per heavy atom. The molecule has 12 aromatic carbocycles. The van der Waals surface area contributed by atoms with Crippen molar-refractivity contribution in [3.05, 3.63) is 434 Å². The van der Waals surface area contributed by atoms with Crippen LogP contribution in [0.5, 0.6) is 46.0 Å². The zero-order chi connectivity index (χ0) is 94.6. The minimum absolute atomic E-state index is 0. The summed E-state index contributed by atoms with van der Waals surface area (Å²) in [5.74, 6) is 10.5. The number of hydrogen-bond acceptors (Lipinski definition) is 12. The molecular formula is C122H86N14O4Pd2Pt2. The molecule has 708 valence electrons. The van der Waals surface area contributed by atoms with Gasteiger partial charge in [-0.05, 0) is 91.6 Å². The standard InChI is InChI=1S/2C31H21N3O.2C30H22N4O.2Pd.2Pt/c2*1-31(2)25-11-6-10-24-23-15-14-22(19-28(23)34(29(24)25)30-26(31)12-7-17-33-30)35-21-9-5-8-20(18-21)27-13-3-4-16-32-27;2*1-30(2)24-10-5-9-23-22-13-12-21(18-26(22)34(27(23)24)29-25(30)11-6-14-31-29)35-20-8-4-7-19(17-20)28-32-15-16-33(28)3;;;;/h2*3-17H,1-2H3;2*4-16H,1-3H3;;;;/q4*-2;4*+2. The van der Waals surface area contributed by atoms with E-state index in [0.717, 1.165) is 112 Å². The van der Waals surface area contributed by atoms with Crippen LogP contribution in [0.4, 0.5) is 0 Å². The third kappa shape index (κ3) is 15.8. The Bertz CT molecular complexity index is 8650. The molecule has 0 saturated heterocycles. The summed E-state index contributed by atoms with van der Waals surface area (Å²) in [7, 11) is 3.94. The Morgan fingerprint density at radius 2 is 0.458 bits per heavy atom. The molecule has 0 N–H and O–H groups in total. The van der Waals surface area contributed by atoms with Crippen LogP contribution in [-0.4, -0.2) is 67.3 Å². The predicted octanol–water partition coefficient (Wildman–Crippen LogP) is 27.8. The maximum absolute atomic E-state index is 6.26. The Kier molecular flexibility index (Phi) is 24.8. The molecule has 0 spiro atoms. The zero-order valence-corrected chi connectivity index (χ0v) is 87.1. The van der Waals surface area contributed by atoms with E-state index in [0.29, 0.717) is 46.0 Å². The molecule has 0 radical (unpaired) electrons. The average molecular weight is 2420 g/mol. The molecule has 28 rings (SSSR count). The van der Waals surface area contributed by atoms with Crippen molar-refractivity contribution in [2.45, 2.75) is 77.0 Å². The first-order valence-corrected chi connectivity index (χ1v) is 46.7. The first-order chi connectivity index (χ1) is 68.3. The maximum Gasteiger partial charge on any atom is 2.00 e. The molecule has 0 atom stereocenters. The van der Waals surface area contributed by atoms with E-state index in [2.05, 4.69) is 263 Å². The van der Waals surface area contributed by atoms with Gasteiger partial charge in [-0.2, -0.15) is 24.3 Å². The Morgan fingerprint density at radius 3 is 0.715 bits per heavy atom. The first-order valence-electron chi connectivity index (χ1n) is 46.7. The number of nitrogens with zero attached hydrogens (tertiary/aromatic N) is 14. The Balaban J connectivity index is 0.000000112. The van der Waals surface area contributed by atoms with Gasteiger partial charge in [0.15, 0.2) is 0 Å². The van der Waals surface area contributed by atoms with E-state index in [-0.39, 0.29) is 105 Å². The van der Waals surface area contributed by atoms with Crippen LogP contribution in [0.15, 0.2) is 341 Å². The molecule has 4 aliphatic rings. The molecule has 144 heavy (non-hydrogen) atoms. The van der Waals surface area contributed by atoms with E-state index < -0.39 is 0 Å². The second-order valence-corrected chi connectivity index (χ2v) is 37.8. The van der Waals surface area contributed by atoms with Gasteiger partial charge in [-0.1, -0.05) is 223 Å². The third-order valence-corrected chi connectivity index (χ3v) is 28.0. The normalized spacial score (nSPS) is 13.3. The first kappa shape index (κ1) is 95.3. The topological polar surface area (TPSA) is 170 Å². The second-order valence-electron chi connectivity index (χ2n) is 37.8. The molecule has 22 heteroatoms. The monoisotopic (exact) mass is 2410 g/mol. The number of aromatic nitrogens is 14. The quantitative estimate of drug-likeness (QED) is 0.0839. The minimum Gasteiger partial charge on any atom is -0.503 e. The van der Waals surface area contributed by atoms with Crippen molar-refractivity contribution in [2.24, 2.45) is 14.1 Å². The van der Waals surface area contributed by atoms with Gasteiger partial charge in [-0.25, -0.2) is 19.9 Å². The van der Waals surface area contributed by atoms with Crippen molar-refractivity contribution in [2.75, 3.05) is 0 Å². The van der Waals surface area contributed by atoms with Gasteiger partial charge in [-0.15, -0.1) is 165 Å². The molecule has 0 unspecified atom stereocenters. The number of ether oxygens (including phenoxy) is 4. The van der Waals surface area contributed by atoms with Gasteiger partial charge in [0.25, 0.3) is 0 Å². The van der Waals surface area contributed by atoms with Crippen molar-refractivity contribution in [1.29, 1.82) is 0 Å². The molecule has 0 amide bonds. The zero-order valence-electron chi connectivity index (χ0n) is 79.5. The van der Waals surface area contributed by atoms with Crippen LogP contribution in [0.2, 0.25) is 0 Å². The van der Waals surface area contributed by atoms with Gasteiger partial charge in [0, 0.05) is 188 Å². The number of fused-ring (bicyclic) bond motifs is 20. The number of para-hydroxylation sites is 4. The van der Waals surface area contributed by atoms with E-state index in [1.807, 2.05) is 218 Å². The van der Waals surface area contributed by atoms with E-state index in [1.165, 1.54) is 88.1 Å².